The van der Waals surface area contributed by atoms with Crippen molar-refractivity contribution in [3.8, 4) is 11.6 Å². The smallest absolute Gasteiger partial charge is 0.238 e. The van der Waals surface area contributed by atoms with Gasteiger partial charge in [-0.25, -0.2) is 4.98 Å². The summed E-state index contributed by atoms with van der Waals surface area (Å²) in [4.78, 5) is 8.73. The number of hydrogen-bond donors (Lipinski definition) is 1. The van der Waals surface area contributed by atoms with Crippen molar-refractivity contribution in [3.05, 3.63) is 18.3 Å². The SMILES string of the molecule is Cn1ccnc1-c1noc(C2CCC(CN)CC2)n1. The summed E-state index contributed by atoms with van der Waals surface area (Å²) in [5, 5.41) is 4.04. The van der Waals surface area contributed by atoms with E-state index in [1.165, 1.54) is 0 Å². The number of aryl methyl sites for hydroxylation is 1. The highest BCUT2D eigenvalue weighted by molar-refractivity contribution is 5.42. The van der Waals surface area contributed by atoms with Crippen LogP contribution >= 0.6 is 0 Å². The fourth-order valence-electron chi connectivity index (χ4n) is 2.72. The van der Waals surface area contributed by atoms with Gasteiger partial charge in [0.15, 0.2) is 5.82 Å². The Kier molecular flexibility index (Phi) is 3.33. The monoisotopic (exact) mass is 261 g/mol. The quantitative estimate of drug-likeness (QED) is 0.909. The fourth-order valence-corrected chi connectivity index (χ4v) is 2.72. The van der Waals surface area contributed by atoms with Crippen molar-refractivity contribution in [3.63, 3.8) is 0 Å². The topological polar surface area (TPSA) is 82.8 Å². The van der Waals surface area contributed by atoms with Crippen molar-refractivity contribution in [2.75, 3.05) is 6.54 Å². The molecule has 1 fully saturated rings. The van der Waals surface area contributed by atoms with Gasteiger partial charge in [0.1, 0.15) is 0 Å². The van der Waals surface area contributed by atoms with Gasteiger partial charge in [-0.3, -0.25) is 0 Å². The number of imidazole rings is 1. The average Bonchev–Trinajstić information content (AvgIpc) is 3.07. The minimum absolute atomic E-state index is 0.379. The van der Waals surface area contributed by atoms with Gasteiger partial charge in [-0.1, -0.05) is 5.16 Å². The number of aromatic nitrogens is 4. The molecule has 0 amide bonds. The lowest BCUT2D eigenvalue weighted by molar-refractivity contribution is 0.275. The molecule has 0 aromatic carbocycles. The van der Waals surface area contributed by atoms with Crippen molar-refractivity contribution < 1.29 is 4.52 Å². The van der Waals surface area contributed by atoms with Crippen LogP contribution in [0.3, 0.4) is 0 Å². The molecule has 19 heavy (non-hydrogen) atoms. The summed E-state index contributed by atoms with van der Waals surface area (Å²) in [6.45, 7) is 0.787. The highest BCUT2D eigenvalue weighted by Gasteiger charge is 2.26. The molecule has 2 N–H and O–H groups in total. The first-order valence-electron chi connectivity index (χ1n) is 6.79. The van der Waals surface area contributed by atoms with E-state index in [1.807, 2.05) is 17.8 Å². The molecule has 1 aliphatic carbocycles. The van der Waals surface area contributed by atoms with Gasteiger partial charge in [0.25, 0.3) is 0 Å². The molecule has 2 aromatic rings. The van der Waals surface area contributed by atoms with Gasteiger partial charge in [0.2, 0.25) is 11.7 Å². The van der Waals surface area contributed by atoms with E-state index < -0.39 is 0 Å². The molecule has 1 aliphatic rings. The Morgan fingerprint density at radius 2 is 2.16 bits per heavy atom. The molecule has 1 saturated carbocycles. The predicted molar refractivity (Wildman–Crippen MR) is 70.3 cm³/mol. The molecule has 2 heterocycles. The van der Waals surface area contributed by atoms with E-state index >= 15 is 0 Å². The molecule has 0 spiro atoms. The molecule has 6 nitrogen and oxygen atoms in total. The summed E-state index contributed by atoms with van der Waals surface area (Å²) in [6.07, 6.45) is 8.09. The van der Waals surface area contributed by atoms with Gasteiger partial charge in [-0.05, 0) is 38.1 Å². The van der Waals surface area contributed by atoms with Crippen molar-refractivity contribution in [2.45, 2.75) is 31.6 Å². The molecule has 0 atom stereocenters. The summed E-state index contributed by atoms with van der Waals surface area (Å²) in [5.74, 6) is 3.10. The Morgan fingerprint density at radius 1 is 1.37 bits per heavy atom. The molecular weight excluding hydrogens is 242 g/mol. The van der Waals surface area contributed by atoms with Crippen molar-refractivity contribution in [1.29, 1.82) is 0 Å². The van der Waals surface area contributed by atoms with Crippen molar-refractivity contribution in [2.24, 2.45) is 18.7 Å². The summed E-state index contributed by atoms with van der Waals surface area (Å²) < 4.78 is 7.29. The number of nitrogens with zero attached hydrogens (tertiary/aromatic N) is 4. The zero-order chi connectivity index (χ0) is 13.2. The second-order valence-corrected chi connectivity index (χ2v) is 5.27. The number of nitrogens with two attached hydrogens (primary N) is 1. The lowest BCUT2D eigenvalue weighted by atomic mass is 9.82. The molecule has 6 heteroatoms. The third kappa shape index (κ3) is 2.40. The second kappa shape index (κ2) is 5.13. The van der Waals surface area contributed by atoms with Crippen LogP contribution in [0.25, 0.3) is 11.6 Å². The lowest BCUT2D eigenvalue weighted by Crippen LogP contribution is -2.20. The molecule has 102 valence electrons. The Hall–Kier alpha value is -1.69. The van der Waals surface area contributed by atoms with Crippen LogP contribution < -0.4 is 5.73 Å². The van der Waals surface area contributed by atoms with Crippen LogP contribution in [0.4, 0.5) is 0 Å². The molecule has 0 saturated heterocycles. The van der Waals surface area contributed by atoms with Crippen molar-refractivity contribution >= 4 is 0 Å². The Balaban J connectivity index is 1.74. The van der Waals surface area contributed by atoms with E-state index in [1.54, 1.807) is 6.20 Å². The standard InChI is InChI=1S/C13H19N5O/c1-18-7-6-15-12(18)11-16-13(19-17-11)10-4-2-9(8-14)3-5-10/h6-7,9-10H,2-5,8,14H2,1H3. The highest BCUT2D eigenvalue weighted by Crippen LogP contribution is 2.35. The molecule has 0 aliphatic heterocycles. The second-order valence-electron chi connectivity index (χ2n) is 5.27. The fraction of sp³-hybridized carbons (Fsp3) is 0.615. The minimum atomic E-state index is 0.379. The molecule has 0 radical (unpaired) electrons. The molecular formula is C13H19N5O. The summed E-state index contributed by atoms with van der Waals surface area (Å²) in [5.41, 5.74) is 5.71. The van der Waals surface area contributed by atoms with E-state index in [4.69, 9.17) is 10.3 Å². The number of hydrogen-bond acceptors (Lipinski definition) is 5. The first-order chi connectivity index (χ1) is 9.28. The van der Waals surface area contributed by atoms with Gasteiger partial charge in [-0.2, -0.15) is 4.98 Å². The number of rotatable bonds is 3. The third-order valence-electron chi connectivity index (χ3n) is 3.99. The van der Waals surface area contributed by atoms with E-state index in [0.29, 0.717) is 17.7 Å². The van der Waals surface area contributed by atoms with Gasteiger partial charge in [-0.15, -0.1) is 0 Å². The van der Waals surface area contributed by atoms with E-state index in [9.17, 15) is 0 Å². The maximum absolute atomic E-state index is 5.71. The normalized spacial score (nSPS) is 23.7. The zero-order valence-electron chi connectivity index (χ0n) is 11.1. The summed E-state index contributed by atoms with van der Waals surface area (Å²) in [6, 6.07) is 0. The van der Waals surface area contributed by atoms with E-state index in [0.717, 1.165) is 43.9 Å². The van der Waals surface area contributed by atoms with Crippen LogP contribution in [0.2, 0.25) is 0 Å². The van der Waals surface area contributed by atoms with E-state index in [2.05, 4.69) is 15.1 Å². The van der Waals surface area contributed by atoms with Crippen LogP contribution in [0.1, 0.15) is 37.5 Å². The summed E-state index contributed by atoms with van der Waals surface area (Å²) >= 11 is 0. The Bertz CT molecular complexity index is 539. The first kappa shape index (κ1) is 12.3. The average molecular weight is 261 g/mol. The predicted octanol–water partition coefficient (Wildman–Crippen LogP) is 1.70. The van der Waals surface area contributed by atoms with Gasteiger partial charge in [0.05, 0.1) is 0 Å². The summed E-state index contributed by atoms with van der Waals surface area (Å²) in [7, 11) is 1.92. The minimum Gasteiger partial charge on any atom is -0.339 e. The molecule has 3 rings (SSSR count). The van der Waals surface area contributed by atoms with Crippen molar-refractivity contribution in [1.82, 2.24) is 19.7 Å². The van der Waals surface area contributed by atoms with Crippen LogP contribution in [-0.4, -0.2) is 26.2 Å². The maximum Gasteiger partial charge on any atom is 0.238 e. The van der Waals surface area contributed by atoms with Gasteiger partial charge in [0, 0.05) is 25.4 Å². The largest absolute Gasteiger partial charge is 0.339 e. The van der Waals surface area contributed by atoms with E-state index in [-0.39, 0.29) is 0 Å². The molecule has 0 unspecified atom stereocenters. The Morgan fingerprint density at radius 3 is 2.79 bits per heavy atom. The van der Waals surface area contributed by atoms with Gasteiger partial charge >= 0.3 is 0 Å². The first-order valence-corrected chi connectivity index (χ1v) is 6.79. The highest BCUT2D eigenvalue weighted by atomic mass is 16.5. The zero-order valence-corrected chi connectivity index (χ0v) is 11.1. The van der Waals surface area contributed by atoms with Crippen LogP contribution in [-0.2, 0) is 7.05 Å². The third-order valence-corrected chi connectivity index (χ3v) is 3.99. The van der Waals surface area contributed by atoms with Crippen LogP contribution in [0.15, 0.2) is 16.9 Å². The molecule has 0 bridgehead atoms. The van der Waals surface area contributed by atoms with Crippen LogP contribution in [0, 0.1) is 5.92 Å². The lowest BCUT2D eigenvalue weighted by Gasteiger charge is -2.24. The Labute approximate surface area is 112 Å². The van der Waals surface area contributed by atoms with Gasteiger partial charge < -0.3 is 14.8 Å². The molecule has 2 aromatic heterocycles. The maximum atomic E-state index is 5.71. The van der Waals surface area contributed by atoms with Crippen LogP contribution in [0.5, 0.6) is 0 Å².